The largest absolute Gasteiger partial charge is 0.325 e. The van der Waals surface area contributed by atoms with Crippen molar-refractivity contribution in [3.63, 3.8) is 0 Å². The maximum absolute atomic E-state index is 14.2. The van der Waals surface area contributed by atoms with Crippen LogP contribution in [-0.4, -0.2) is 42.1 Å². The SMILES string of the molecule is CCN1C(N)=S(N2CCNCC2)c2ccc(-c3ccc(F)cc3F)[c]c21. The van der Waals surface area contributed by atoms with Gasteiger partial charge in [0.2, 0.25) is 0 Å². The highest BCUT2D eigenvalue weighted by Gasteiger charge is 2.30. The fraction of sp³-hybridized carbons (Fsp3) is 0.316. The van der Waals surface area contributed by atoms with E-state index in [9.17, 15) is 8.78 Å². The maximum atomic E-state index is 14.2. The van der Waals surface area contributed by atoms with Gasteiger partial charge < -0.3 is 10.2 Å². The van der Waals surface area contributed by atoms with E-state index in [0.29, 0.717) is 11.1 Å². The number of benzene rings is 2. The Kier molecular flexibility index (Phi) is 4.79. The Morgan fingerprint density at radius 3 is 2.65 bits per heavy atom. The average molecular weight is 375 g/mol. The summed E-state index contributed by atoms with van der Waals surface area (Å²) in [5.74, 6) is -1.17. The molecule has 2 aromatic carbocycles. The minimum absolute atomic E-state index is 0.308. The molecule has 1 unspecified atom stereocenters. The van der Waals surface area contributed by atoms with Crippen LogP contribution in [0.1, 0.15) is 6.92 Å². The lowest BCUT2D eigenvalue weighted by Crippen LogP contribution is -2.42. The molecule has 1 atom stereocenters. The summed E-state index contributed by atoms with van der Waals surface area (Å²) in [7, 11) is -0.308. The van der Waals surface area contributed by atoms with Crippen molar-refractivity contribution in [2.45, 2.75) is 11.8 Å². The standard InChI is InChI=1S/C19H21F2N4S/c1-2-25-17-11-13(15-5-4-14(20)12-16(15)21)3-6-18(17)26(19(25)22)24-9-7-23-8-10-24/h3-6,12,23H,2,7-10,22H2,1H3. The number of nitrogens with zero attached hydrogens (tertiary/aromatic N) is 2. The fourth-order valence-electron chi connectivity index (χ4n) is 3.43. The van der Waals surface area contributed by atoms with E-state index in [-0.39, 0.29) is 10.7 Å². The lowest BCUT2D eigenvalue weighted by atomic mass is 10.0. The molecule has 2 heterocycles. The van der Waals surface area contributed by atoms with Crippen LogP contribution in [0.3, 0.4) is 0 Å². The van der Waals surface area contributed by atoms with Crippen molar-refractivity contribution in [1.82, 2.24) is 9.62 Å². The molecule has 4 nitrogen and oxygen atoms in total. The van der Waals surface area contributed by atoms with Gasteiger partial charge in [0.15, 0.2) is 0 Å². The quantitative estimate of drug-likeness (QED) is 0.810. The maximum Gasteiger partial charge on any atom is 0.133 e. The molecule has 0 aromatic heterocycles. The molecule has 137 valence electrons. The van der Waals surface area contributed by atoms with Crippen LogP contribution in [0.2, 0.25) is 0 Å². The summed E-state index contributed by atoms with van der Waals surface area (Å²) in [6, 6.07) is 10.8. The second kappa shape index (κ2) is 7.08. The third-order valence-electron chi connectivity index (χ3n) is 4.70. The third kappa shape index (κ3) is 2.95. The van der Waals surface area contributed by atoms with Crippen LogP contribution in [-0.2, 0) is 0 Å². The van der Waals surface area contributed by atoms with Crippen LogP contribution in [0, 0.1) is 17.7 Å². The van der Waals surface area contributed by atoms with E-state index in [0.717, 1.165) is 54.5 Å². The molecular weight excluding hydrogens is 354 g/mol. The highest BCUT2D eigenvalue weighted by Crippen LogP contribution is 2.46. The van der Waals surface area contributed by atoms with Gasteiger partial charge in [-0.3, -0.25) is 5.73 Å². The number of piperazine rings is 1. The van der Waals surface area contributed by atoms with E-state index in [2.05, 4.69) is 15.7 Å². The predicted molar refractivity (Wildman–Crippen MR) is 103 cm³/mol. The fourth-order valence-corrected chi connectivity index (χ4v) is 5.72. The van der Waals surface area contributed by atoms with Gasteiger partial charge in [0.25, 0.3) is 0 Å². The van der Waals surface area contributed by atoms with Gasteiger partial charge in [0.1, 0.15) is 16.7 Å². The Bertz CT molecular complexity index is 878. The van der Waals surface area contributed by atoms with Crippen molar-refractivity contribution < 1.29 is 8.78 Å². The van der Waals surface area contributed by atoms with E-state index < -0.39 is 11.6 Å². The summed E-state index contributed by atoms with van der Waals surface area (Å²) >= 11 is 0. The van der Waals surface area contributed by atoms with Crippen molar-refractivity contribution in [2.75, 3.05) is 37.6 Å². The second-order valence-corrected chi connectivity index (χ2v) is 8.20. The van der Waals surface area contributed by atoms with Gasteiger partial charge in [-0.25, -0.2) is 13.1 Å². The van der Waals surface area contributed by atoms with Crippen LogP contribution >= 0.6 is 10.7 Å². The van der Waals surface area contributed by atoms with Gasteiger partial charge in [0.05, 0.1) is 5.69 Å². The zero-order valence-electron chi connectivity index (χ0n) is 14.6. The number of nitrogens with two attached hydrogens (primary N) is 1. The zero-order chi connectivity index (χ0) is 18.3. The first-order valence-electron chi connectivity index (χ1n) is 8.72. The molecule has 1 fully saturated rings. The first kappa shape index (κ1) is 17.6. The van der Waals surface area contributed by atoms with E-state index >= 15 is 0 Å². The molecule has 26 heavy (non-hydrogen) atoms. The number of fused-ring (bicyclic) bond motifs is 1. The third-order valence-corrected chi connectivity index (χ3v) is 6.95. The van der Waals surface area contributed by atoms with Gasteiger partial charge in [-0.05, 0) is 41.4 Å². The Labute approximate surface area is 154 Å². The van der Waals surface area contributed by atoms with E-state index in [1.807, 2.05) is 24.0 Å². The topological polar surface area (TPSA) is 44.5 Å². The normalized spacial score (nSPS) is 20.5. The molecule has 0 saturated carbocycles. The molecule has 2 aliphatic rings. The summed E-state index contributed by atoms with van der Waals surface area (Å²) in [6.07, 6.45) is 0. The molecule has 3 N–H and O–H groups in total. The lowest BCUT2D eigenvalue weighted by Gasteiger charge is -2.29. The highest BCUT2D eigenvalue weighted by atomic mass is 32.2. The van der Waals surface area contributed by atoms with Crippen molar-refractivity contribution in [1.29, 1.82) is 0 Å². The first-order valence-corrected chi connectivity index (χ1v) is 9.90. The molecule has 0 bridgehead atoms. The monoisotopic (exact) mass is 375 g/mol. The Hall–Kier alpha value is -1.80. The molecule has 1 saturated heterocycles. The summed E-state index contributed by atoms with van der Waals surface area (Å²) in [6.45, 7) is 6.53. The number of hydrogen-bond acceptors (Lipinski definition) is 4. The van der Waals surface area contributed by atoms with Crippen LogP contribution in [0.4, 0.5) is 14.5 Å². The first-order chi connectivity index (χ1) is 12.6. The molecular formula is C19H21F2N4S. The molecule has 0 spiro atoms. The highest BCUT2D eigenvalue weighted by molar-refractivity contribution is 8.14. The van der Waals surface area contributed by atoms with Gasteiger partial charge in [-0.15, -0.1) is 0 Å². The van der Waals surface area contributed by atoms with Crippen molar-refractivity contribution in [3.8, 4) is 11.1 Å². The Morgan fingerprint density at radius 2 is 1.96 bits per heavy atom. The van der Waals surface area contributed by atoms with Gasteiger partial charge in [-0.1, -0.05) is 6.07 Å². The molecule has 7 heteroatoms. The number of anilines is 1. The molecule has 2 aliphatic heterocycles. The molecule has 0 amide bonds. The van der Waals surface area contributed by atoms with Crippen LogP contribution < -0.4 is 16.0 Å². The minimum atomic E-state index is -0.583. The van der Waals surface area contributed by atoms with Crippen LogP contribution in [0.25, 0.3) is 11.1 Å². The molecule has 0 aliphatic carbocycles. The lowest BCUT2D eigenvalue weighted by molar-refractivity contribution is 0.395. The average Bonchev–Trinajstić information content (AvgIpc) is 2.92. The van der Waals surface area contributed by atoms with Gasteiger partial charge in [-0.2, -0.15) is 0 Å². The van der Waals surface area contributed by atoms with Crippen LogP contribution in [0.5, 0.6) is 0 Å². The van der Waals surface area contributed by atoms with Crippen LogP contribution in [0.15, 0.2) is 35.2 Å². The zero-order valence-corrected chi connectivity index (χ0v) is 15.4. The predicted octanol–water partition coefficient (Wildman–Crippen LogP) is 2.77. The molecule has 4 rings (SSSR count). The summed E-state index contributed by atoms with van der Waals surface area (Å²) in [5.41, 5.74) is 8.35. The number of nitrogens with one attached hydrogen (secondary N) is 1. The summed E-state index contributed by atoms with van der Waals surface area (Å²) in [4.78, 5) is 3.17. The van der Waals surface area contributed by atoms with Gasteiger partial charge in [0, 0.05) is 55.3 Å². The van der Waals surface area contributed by atoms with E-state index in [4.69, 9.17) is 5.73 Å². The van der Waals surface area contributed by atoms with Crippen molar-refractivity contribution in [2.24, 2.45) is 5.73 Å². The Morgan fingerprint density at radius 1 is 1.19 bits per heavy atom. The number of rotatable bonds is 3. The molecule has 2 aromatic rings. The summed E-state index contributed by atoms with van der Waals surface area (Å²) in [5, 5.41) is 4.18. The smallest absolute Gasteiger partial charge is 0.133 e. The number of hydrogen-bond donors (Lipinski definition) is 2. The second-order valence-electron chi connectivity index (χ2n) is 6.26. The van der Waals surface area contributed by atoms with E-state index in [1.54, 1.807) is 0 Å². The number of halogens is 2. The van der Waals surface area contributed by atoms with Crippen molar-refractivity contribution in [3.05, 3.63) is 48.0 Å². The Balaban J connectivity index is 1.78. The van der Waals surface area contributed by atoms with E-state index in [1.165, 1.54) is 12.1 Å². The van der Waals surface area contributed by atoms with Gasteiger partial charge >= 0.3 is 0 Å². The molecule has 1 radical (unpaired) electrons. The minimum Gasteiger partial charge on any atom is -0.325 e. The summed E-state index contributed by atoms with van der Waals surface area (Å²) < 4.78 is 29.8. The van der Waals surface area contributed by atoms with Crippen molar-refractivity contribution >= 4 is 21.5 Å².